The van der Waals surface area contributed by atoms with E-state index in [9.17, 15) is 4.79 Å². The lowest BCUT2D eigenvalue weighted by atomic mass is 10.2. The van der Waals surface area contributed by atoms with Crippen molar-refractivity contribution >= 4 is 17.5 Å². The lowest BCUT2D eigenvalue weighted by Gasteiger charge is -2.08. The van der Waals surface area contributed by atoms with Crippen molar-refractivity contribution in [1.29, 1.82) is 0 Å². The van der Waals surface area contributed by atoms with Crippen molar-refractivity contribution in [2.75, 3.05) is 33.6 Å². The van der Waals surface area contributed by atoms with E-state index >= 15 is 0 Å². The van der Waals surface area contributed by atoms with Gasteiger partial charge in [-0.15, -0.1) is 0 Å². The van der Waals surface area contributed by atoms with Gasteiger partial charge in [0.15, 0.2) is 11.5 Å². The second kappa shape index (κ2) is 8.07. The molecule has 0 fully saturated rings. The predicted molar refractivity (Wildman–Crippen MR) is 78.8 cm³/mol. The minimum absolute atomic E-state index is 0.00303. The van der Waals surface area contributed by atoms with Crippen LogP contribution in [0.15, 0.2) is 12.1 Å². The van der Waals surface area contributed by atoms with Crippen LogP contribution in [0.3, 0.4) is 0 Å². The van der Waals surface area contributed by atoms with Gasteiger partial charge in [-0.1, -0.05) is 11.6 Å². The van der Waals surface area contributed by atoms with E-state index in [0.29, 0.717) is 49.2 Å². The molecule has 0 aliphatic carbocycles. The first kappa shape index (κ1) is 15.9. The van der Waals surface area contributed by atoms with Crippen LogP contribution in [0.4, 0.5) is 0 Å². The van der Waals surface area contributed by atoms with Gasteiger partial charge in [-0.2, -0.15) is 0 Å². The smallest absolute Gasteiger partial charge is 0.231 e. The van der Waals surface area contributed by atoms with Crippen LogP contribution in [0.2, 0.25) is 5.02 Å². The van der Waals surface area contributed by atoms with Crippen LogP contribution in [0.5, 0.6) is 11.5 Å². The van der Waals surface area contributed by atoms with Crippen LogP contribution >= 0.6 is 11.6 Å². The van der Waals surface area contributed by atoms with E-state index in [1.165, 1.54) is 0 Å². The zero-order valence-corrected chi connectivity index (χ0v) is 12.7. The Labute approximate surface area is 128 Å². The van der Waals surface area contributed by atoms with Crippen LogP contribution in [0.25, 0.3) is 0 Å². The summed E-state index contributed by atoms with van der Waals surface area (Å²) in [6.45, 7) is 2.46. The maximum atomic E-state index is 11.5. The summed E-state index contributed by atoms with van der Waals surface area (Å²) in [5.74, 6) is 1.26. The number of fused-ring (bicyclic) bond motifs is 1. The highest BCUT2D eigenvalue weighted by atomic mass is 35.5. The number of nitrogens with one attached hydrogen (secondary N) is 2. The lowest BCUT2D eigenvalue weighted by molar-refractivity contribution is -0.121. The molecule has 0 bridgehead atoms. The second-order valence-electron chi connectivity index (χ2n) is 4.58. The fraction of sp³-hybridized carbons (Fsp3) is 0.500. The van der Waals surface area contributed by atoms with Gasteiger partial charge in [0.25, 0.3) is 0 Å². The summed E-state index contributed by atoms with van der Waals surface area (Å²) < 4.78 is 15.4. The molecule has 7 heteroatoms. The van der Waals surface area contributed by atoms with E-state index in [0.717, 1.165) is 5.56 Å². The topological polar surface area (TPSA) is 68.8 Å². The van der Waals surface area contributed by atoms with Gasteiger partial charge in [-0.3, -0.25) is 4.79 Å². The van der Waals surface area contributed by atoms with Gasteiger partial charge in [0.05, 0.1) is 11.6 Å². The first-order chi connectivity index (χ1) is 10.2. The predicted octanol–water partition coefficient (Wildman–Crippen LogP) is 1.31. The third-order valence-electron chi connectivity index (χ3n) is 2.97. The van der Waals surface area contributed by atoms with E-state index in [1.54, 1.807) is 7.11 Å². The second-order valence-corrected chi connectivity index (χ2v) is 4.99. The standard InChI is InChI=1S/C14H19ClN2O4/c1-19-5-4-17-13(18)2-3-16-8-10-6-11(15)14-12(7-10)20-9-21-14/h6-7,16H,2-5,8-9H2,1H3,(H,17,18). The molecule has 1 amide bonds. The van der Waals surface area contributed by atoms with Gasteiger partial charge in [-0.25, -0.2) is 0 Å². The SMILES string of the molecule is COCCNC(=O)CCNCc1cc(Cl)c2c(c1)OCO2. The van der Waals surface area contributed by atoms with Crippen molar-refractivity contribution in [1.82, 2.24) is 10.6 Å². The van der Waals surface area contributed by atoms with E-state index < -0.39 is 0 Å². The summed E-state index contributed by atoms with van der Waals surface area (Å²) in [4.78, 5) is 11.5. The Morgan fingerprint density at radius 3 is 3.05 bits per heavy atom. The molecule has 0 saturated heterocycles. The number of amides is 1. The molecule has 2 N–H and O–H groups in total. The van der Waals surface area contributed by atoms with Crippen molar-refractivity contribution in [2.24, 2.45) is 0 Å². The van der Waals surface area contributed by atoms with Gasteiger partial charge < -0.3 is 24.8 Å². The Balaban J connectivity index is 1.69. The zero-order valence-electron chi connectivity index (χ0n) is 11.9. The van der Waals surface area contributed by atoms with E-state index in [-0.39, 0.29) is 12.7 Å². The molecular weight excluding hydrogens is 296 g/mol. The van der Waals surface area contributed by atoms with Crippen LogP contribution in [0.1, 0.15) is 12.0 Å². The number of carbonyl (C=O) groups is 1. The molecule has 1 aliphatic heterocycles. The Hall–Kier alpha value is -1.50. The van der Waals surface area contributed by atoms with Crippen molar-refractivity contribution in [2.45, 2.75) is 13.0 Å². The Kier molecular flexibility index (Phi) is 6.10. The zero-order chi connectivity index (χ0) is 15.1. The molecule has 21 heavy (non-hydrogen) atoms. The average molecular weight is 315 g/mol. The number of methoxy groups -OCH3 is 1. The molecule has 1 aromatic carbocycles. The summed E-state index contributed by atoms with van der Waals surface area (Å²) in [5.41, 5.74) is 0.990. The third kappa shape index (κ3) is 4.77. The van der Waals surface area contributed by atoms with Crippen molar-refractivity contribution < 1.29 is 19.0 Å². The molecule has 1 heterocycles. The van der Waals surface area contributed by atoms with Crippen molar-refractivity contribution in [3.63, 3.8) is 0 Å². The van der Waals surface area contributed by atoms with Crippen LogP contribution in [-0.2, 0) is 16.1 Å². The number of ether oxygens (including phenoxy) is 3. The highest BCUT2D eigenvalue weighted by Gasteiger charge is 2.17. The minimum atomic E-state index is 0.00303. The number of hydrogen-bond acceptors (Lipinski definition) is 5. The molecule has 0 radical (unpaired) electrons. The van der Waals surface area contributed by atoms with E-state index in [1.807, 2.05) is 12.1 Å². The summed E-state index contributed by atoms with van der Waals surface area (Å²) in [7, 11) is 1.60. The van der Waals surface area contributed by atoms with Gasteiger partial charge in [0.2, 0.25) is 12.7 Å². The fourth-order valence-electron chi connectivity index (χ4n) is 1.94. The maximum absolute atomic E-state index is 11.5. The quantitative estimate of drug-likeness (QED) is 0.708. The normalized spacial score (nSPS) is 12.5. The molecule has 0 unspecified atom stereocenters. The van der Waals surface area contributed by atoms with Gasteiger partial charge in [-0.05, 0) is 17.7 Å². The van der Waals surface area contributed by atoms with Gasteiger partial charge in [0.1, 0.15) is 0 Å². The number of rotatable bonds is 8. The average Bonchev–Trinajstić information content (AvgIpc) is 2.93. The summed E-state index contributed by atoms with van der Waals surface area (Å²) >= 11 is 6.10. The number of carbonyl (C=O) groups excluding carboxylic acids is 1. The molecule has 6 nitrogen and oxygen atoms in total. The maximum Gasteiger partial charge on any atom is 0.231 e. The molecule has 0 aromatic heterocycles. The summed E-state index contributed by atoms with van der Waals surface area (Å²) in [6.07, 6.45) is 0.419. The number of hydrogen-bond donors (Lipinski definition) is 2. The highest BCUT2D eigenvalue weighted by Crippen LogP contribution is 2.39. The monoisotopic (exact) mass is 314 g/mol. The summed E-state index contributed by atoms with van der Waals surface area (Å²) in [5, 5.41) is 6.50. The van der Waals surface area contributed by atoms with Crippen LogP contribution in [0, 0.1) is 0 Å². The molecular formula is C14H19ClN2O4. The Morgan fingerprint density at radius 1 is 1.38 bits per heavy atom. The third-order valence-corrected chi connectivity index (χ3v) is 3.25. The van der Waals surface area contributed by atoms with Crippen molar-refractivity contribution in [3.05, 3.63) is 22.7 Å². The van der Waals surface area contributed by atoms with Gasteiger partial charge in [0, 0.05) is 33.2 Å². The largest absolute Gasteiger partial charge is 0.454 e. The van der Waals surface area contributed by atoms with Gasteiger partial charge >= 0.3 is 0 Å². The molecule has 0 atom stereocenters. The molecule has 0 spiro atoms. The number of benzene rings is 1. The molecule has 1 aliphatic rings. The first-order valence-corrected chi connectivity index (χ1v) is 7.13. The molecule has 2 rings (SSSR count). The Morgan fingerprint density at radius 2 is 2.24 bits per heavy atom. The summed E-state index contributed by atoms with van der Waals surface area (Å²) in [6, 6.07) is 3.72. The first-order valence-electron chi connectivity index (χ1n) is 6.75. The molecule has 1 aromatic rings. The van der Waals surface area contributed by atoms with E-state index in [2.05, 4.69) is 10.6 Å². The number of halogens is 1. The minimum Gasteiger partial charge on any atom is -0.454 e. The van der Waals surface area contributed by atoms with Crippen LogP contribution in [-0.4, -0.2) is 39.5 Å². The Bertz CT molecular complexity index is 496. The lowest BCUT2D eigenvalue weighted by Crippen LogP contribution is -2.29. The molecule has 0 saturated carbocycles. The highest BCUT2D eigenvalue weighted by molar-refractivity contribution is 6.32. The van der Waals surface area contributed by atoms with Crippen molar-refractivity contribution in [3.8, 4) is 11.5 Å². The van der Waals surface area contributed by atoms with E-state index in [4.69, 9.17) is 25.8 Å². The van der Waals surface area contributed by atoms with Crippen LogP contribution < -0.4 is 20.1 Å². The molecule has 116 valence electrons. The fourth-order valence-corrected chi connectivity index (χ4v) is 2.23.